The fraction of sp³-hybridized carbons (Fsp3) is 0.333. The second-order valence-electron chi connectivity index (χ2n) is 6.81. The molecule has 0 spiro atoms. The second kappa shape index (κ2) is 7.20. The number of furan rings is 1. The average Bonchev–Trinajstić information content (AvgIpc) is 3.21. The Morgan fingerprint density at radius 3 is 2.58 bits per heavy atom. The summed E-state index contributed by atoms with van der Waals surface area (Å²) in [5, 5.41) is 7.70. The summed E-state index contributed by atoms with van der Waals surface area (Å²) in [6.45, 7) is 10.0. The lowest BCUT2D eigenvalue weighted by Crippen LogP contribution is -2.33. The van der Waals surface area contributed by atoms with Crippen molar-refractivity contribution in [2.24, 2.45) is 0 Å². The average molecular weight is 351 g/mol. The van der Waals surface area contributed by atoms with Crippen molar-refractivity contribution in [2.45, 2.75) is 47.1 Å². The van der Waals surface area contributed by atoms with Crippen molar-refractivity contribution in [3.63, 3.8) is 0 Å². The van der Waals surface area contributed by atoms with Gasteiger partial charge in [-0.3, -0.25) is 4.79 Å². The highest BCUT2D eigenvalue weighted by atomic mass is 16.3. The van der Waals surface area contributed by atoms with E-state index in [9.17, 15) is 4.79 Å². The van der Waals surface area contributed by atoms with Crippen molar-refractivity contribution in [2.75, 3.05) is 0 Å². The number of carbonyl (C=O) groups is 1. The molecule has 1 aromatic carbocycles. The van der Waals surface area contributed by atoms with Gasteiger partial charge in [0.2, 0.25) is 0 Å². The minimum atomic E-state index is -0.138. The molecular formula is C21H25N3O2. The molecule has 0 aliphatic rings. The maximum atomic E-state index is 12.8. The number of nitrogens with zero attached hydrogens (tertiary/aromatic N) is 2. The minimum absolute atomic E-state index is 0.0965. The van der Waals surface area contributed by atoms with Gasteiger partial charge in [-0.1, -0.05) is 24.6 Å². The summed E-state index contributed by atoms with van der Waals surface area (Å²) in [5.41, 5.74) is 4.27. The first-order valence-corrected chi connectivity index (χ1v) is 8.94. The summed E-state index contributed by atoms with van der Waals surface area (Å²) in [7, 11) is 0. The number of amides is 1. The molecule has 2 aromatic heterocycles. The molecule has 3 aromatic rings. The summed E-state index contributed by atoms with van der Waals surface area (Å²) in [5.74, 6) is 1.33. The first-order valence-electron chi connectivity index (χ1n) is 8.94. The van der Waals surface area contributed by atoms with E-state index in [1.54, 1.807) is 10.7 Å². The molecule has 0 radical (unpaired) electrons. The van der Waals surface area contributed by atoms with Crippen LogP contribution in [0.5, 0.6) is 0 Å². The molecule has 5 nitrogen and oxygen atoms in total. The van der Waals surface area contributed by atoms with E-state index in [-0.39, 0.29) is 11.9 Å². The zero-order chi connectivity index (χ0) is 18.8. The first-order chi connectivity index (χ1) is 12.4. The molecule has 5 heteroatoms. The summed E-state index contributed by atoms with van der Waals surface area (Å²) >= 11 is 0. The first kappa shape index (κ1) is 18.0. The zero-order valence-electron chi connectivity index (χ0n) is 16.0. The van der Waals surface area contributed by atoms with E-state index in [1.807, 2.05) is 58.9 Å². The Morgan fingerprint density at radius 1 is 1.19 bits per heavy atom. The van der Waals surface area contributed by atoms with E-state index < -0.39 is 0 Å². The summed E-state index contributed by atoms with van der Waals surface area (Å²) in [4.78, 5) is 12.8. The van der Waals surface area contributed by atoms with Crippen molar-refractivity contribution in [3.8, 4) is 17.1 Å². The van der Waals surface area contributed by atoms with Crippen LogP contribution in [0.3, 0.4) is 0 Å². The number of aromatic nitrogens is 2. The topological polar surface area (TPSA) is 60.1 Å². The smallest absolute Gasteiger partial charge is 0.270 e. The molecule has 3 rings (SSSR count). The number of benzene rings is 1. The number of hydrogen-bond acceptors (Lipinski definition) is 3. The lowest BCUT2D eigenvalue weighted by Gasteiger charge is -2.14. The van der Waals surface area contributed by atoms with Crippen molar-refractivity contribution >= 4 is 5.91 Å². The Hall–Kier alpha value is -2.82. The van der Waals surface area contributed by atoms with E-state index in [0.29, 0.717) is 17.1 Å². The standard InChI is InChI=1S/C21H25N3O2/c1-6-15(4)22-21(25)19-12-17(20-10-8-16(5)26-20)23-24(19)18-9-7-13(2)11-14(18)3/h7-12,15H,6H2,1-5H3,(H,22,25). The molecule has 1 unspecified atom stereocenters. The van der Waals surface area contributed by atoms with Gasteiger partial charge in [0.05, 0.1) is 5.69 Å². The third-order valence-electron chi connectivity index (χ3n) is 4.51. The number of carbonyl (C=O) groups excluding carboxylic acids is 1. The van der Waals surface area contributed by atoms with Crippen LogP contribution in [0.25, 0.3) is 17.1 Å². The van der Waals surface area contributed by atoms with Gasteiger partial charge in [0.1, 0.15) is 17.1 Å². The van der Waals surface area contributed by atoms with Crippen LogP contribution < -0.4 is 5.32 Å². The molecule has 1 amide bonds. The number of rotatable bonds is 5. The molecule has 0 aliphatic heterocycles. The van der Waals surface area contributed by atoms with E-state index in [0.717, 1.165) is 23.4 Å². The largest absolute Gasteiger partial charge is 0.460 e. The lowest BCUT2D eigenvalue weighted by atomic mass is 10.1. The van der Waals surface area contributed by atoms with Crippen molar-refractivity contribution in [3.05, 3.63) is 59.0 Å². The van der Waals surface area contributed by atoms with Crippen LogP contribution in [-0.2, 0) is 0 Å². The van der Waals surface area contributed by atoms with E-state index in [1.165, 1.54) is 5.56 Å². The van der Waals surface area contributed by atoms with Gasteiger partial charge in [-0.05, 0) is 57.9 Å². The number of hydrogen-bond donors (Lipinski definition) is 1. The Kier molecular flexibility index (Phi) is 4.98. The Balaban J connectivity index is 2.11. The molecule has 1 atom stereocenters. The molecule has 0 fully saturated rings. The summed E-state index contributed by atoms with van der Waals surface area (Å²) in [6, 6.07) is 11.8. The maximum absolute atomic E-state index is 12.8. The molecule has 1 N–H and O–H groups in total. The Morgan fingerprint density at radius 2 is 1.96 bits per heavy atom. The highest BCUT2D eigenvalue weighted by Gasteiger charge is 2.20. The van der Waals surface area contributed by atoms with E-state index in [2.05, 4.69) is 16.5 Å². The molecule has 0 bridgehead atoms. The summed E-state index contributed by atoms with van der Waals surface area (Å²) in [6.07, 6.45) is 0.869. The second-order valence-corrected chi connectivity index (χ2v) is 6.81. The summed E-state index contributed by atoms with van der Waals surface area (Å²) < 4.78 is 7.41. The van der Waals surface area contributed by atoms with Gasteiger partial charge in [-0.25, -0.2) is 4.68 Å². The molecule has 136 valence electrons. The van der Waals surface area contributed by atoms with Gasteiger partial charge < -0.3 is 9.73 Å². The van der Waals surface area contributed by atoms with Crippen LogP contribution in [0, 0.1) is 20.8 Å². The lowest BCUT2D eigenvalue weighted by molar-refractivity contribution is 0.0931. The molecule has 26 heavy (non-hydrogen) atoms. The van der Waals surface area contributed by atoms with Crippen LogP contribution in [0.4, 0.5) is 0 Å². The molecule has 0 saturated carbocycles. The van der Waals surface area contributed by atoms with Crippen LogP contribution in [0.15, 0.2) is 40.8 Å². The van der Waals surface area contributed by atoms with Crippen LogP contribution in [0.2, 0.25) is 0 Å². The molecule has 0 saturated heterocycles. The van der Waals surface area contributed by atoms with Gasteiger partial charge in [0.25, 0.3) is 5.91 Å². The predicted octanol–water partition coefficient (Wildman–Crippen LogP) is 4.59. The number of nitrogens with one attached hydrogen (secondary N) is 1. The van der Waals surface area contributed by atoms with Crippen molar-refractivity contribution in [1.82, 2.24) is 15.1 Å². The zero-order valence-corrected chi connectivity index (χ0v) is 16.0. The van der Waals surface area contributed by atoms with Gasteiger partial charge in [-0.15, -0.1) is 0 Å². The highest BCUT2D eigenvalue weighted by Crippen LogP contribution is 2.25. The minimum Gasteiger partial charge on any atom is -0.460 e. The third-order valence-corrected chi connectivity index (χ3v) is 4.51. The van der Waals surface area contributed by atoms with E-state index in [4.69, 9.17) is 4.42 Å². The van der Waals surface area contributed by atoms with Gasteiger partial charge in [0, 0.05) is 12.1 Å². The maximum Gasteiger partial charge on any atom is 0.270 e. The quantitative estimate of drug-likeness (QED) is 0.731. The SMILES string of the molecule is CCC(C)NC(=O)c1cc(-c2ccc(C)o2)nn1-c1ccc(C)cc1C. The predicted molar refractivity (Wildman–Crippen MR) is 103 cm³/mol. The van der Waals surface area contributed by atoms with Crippen LogP contribution in [0.1, 0.15) is 47.6 Å². The van der Waals surface area contributed by atoms with E-state index >= 15 is 0 Å². The van der Waals surface area contributed by atoms with Crippen LogP contribution >= 0.6 is 0 Å². The molecular weight excluding hydrogens is 326 g/mol. The number of aryl methyl sites for hydroxylation is 3. The normalized spacial score (nSPS) is 12.2. The fourth-order valence-corrected chi connectivity index (χ4v) is 2.86. The van der Waals surface area contributed by atoms with Gasteiger partial charge >= 0.3 is 0 Å². The Bertz CT molecular complexity index is 937. The highest BCUT2D eigenvalue weighted by molar-refractivity contribution is 5.94. The van der Waals surface area contributed by atoms with Crippen molar-refractivity contribution < 1.29 is 9.21 Å². The Labute approximate surface area is 154 Å². The van der Waals surface area contributed by atoms with Gasteiger partial charge in [0.15, 0.2) is 5.76 Å². The molecule has 0 aliphatic carbocycles. The fourth-order valence-electron chi connectivity index (χ4n) is 2.86. The molecule has 2 heterocycles. The monoisotopic (exact) mass is 351 g/mol. The van der Waals surface area contributed by atoms with Gasteiger partial charge in [-0.2, -0.15) is 5.10 Å². The third kappa shape index (κ3) is 3.57. The van der Waals surface area contributed by atoms with Crippen molar-refractivity contribution in [1.29, 1.82) is 0 Å². The van der Waals surface area contributed by atoms with Crippen LogP contribution in [-0.4, -0.2) is 21.7 Å².